The van der Waals surface area contributed by atoms with Crippen molar-refractivity contribution in [3.63, 3.8) is 0 Å². The first-order valence-electron chi connectivity index (χ1n) is 12.3. The Balaban J connectivity index is 1.29. The maximum Gasteiger partial charge on any atom is 0.146 e. The van der Waals surface area contributed by atoms with Crippen molar-refractivity contribution in [1.29, 1.82) is 0 Å². The van der Waals surface area contributed by atoms with Gasteiger partial charge in [0.15, 0.2) is 0 Å². The number of piperazine rings is 1. The number of piperidine rings is 1. The second kappa shape index (κ2) is 8.64. The molecule has 0 N–H and O–H groups in total. The van der Waals surface area contributed by atoms with Gasteiger partial charge in [-0.25, -0.2) is 9.97 Å². The maximum absolute atomic E-state index is 5.25. The number of hydrogen-bond donors (Lipinski definition) is 0. The number of benzene rings is 1. The SMILES string of the molecule is CC1CCN(Cc2nc(N3CCN(c4ccccc4)CC3)c3c4c(sc3n2)CCC4)CC1. The average molecular weight is 448 g/mol. The van der Waals surface area contributed by atoms with E-state index in [1.165, 1.54) is 66.9 Å². The normalized spacial score (nSPS) is 20.3. The molecule has 6 rings (SSSR count). The standard InChI is InChI=1S/C26H33N5S/c1-19-10-12-29(13-11-19)18-23-27-25(24-21-8-5-9-22(21)32-26(24)28-23)31-16-14-30(15-17-31)20-6-3-2-4-7-20/h2-4,6-7,19H,5,8-18H2,1H3. The number of aryl methyl sites for hydroxylation is 2. The Hall–Kier alpha value is -2.18. The number of aromatic nitrogens is 2. The Morgan fingerprint density at radius 1 is 0.906 bits per heavy atom. The van der Waals surface area contributed by atoms with Gasteiger partial charge in [0, 0.05) is 36.7 Å². The number of nitrogens with zero attached hydrogens (tertiary/aromatic N) is 5. The summed E-state index contributed by atoms with van der Waals surface area (Å²) in [4.78, 5) is 20.7. The molecule has 1 aromatic carbocycles. The van der Waals surface area contributed by atoms with E-state index in [0.717, 1.165) is 44.5 Å². The minimum absolute atomic E-state index is 0.853. The smallest absolute Gasteiger partial charge is 0.146 e. The minimum atomic E-state index is 0.853. The van der Waals surface area contributed by atoms with Gasteiger partial charge < -0.3 is 9.80 Å². The van der Waals surface area contributed by atoms with Crippen molar-refractivity contribution >= 4 is 33.1 Å². The first kappa shape index (κ1) is 20.4. The van der Waals surface area contributed by atoms with Gasteiger partial charge in [0.2, 0.25) is 0 Å². The molecule has 4 heterocycles. The minimum Gasteiger partial charge on any atom is -0.368 e. The molecule has 3 aromatic rings. The molecule has 2 aromatic heterocycles. The van der Waals surface area contributed by atoms with Crippen molar-refractivity contribution in [2.24, 2.45) is 5.92 Å². The van der Waals surface area contributed by atoms with E-state index >= 15 is 0 Å². The predicted octanol–water partition coefficient (Wildman–Crippen LogP) is 4.74. The van der Waals surface area contributed by atoms with Gasteiger partial charge >= 0.3 is 0 Å². The van der Waals surface area contributed by atoms with Gasteiger partial charge in [0.05, 0.1) is 11.9 Å². The van der Waals surface area contributed by atoms with Gasteiger partial charge in [0.1, 0.15) is 16.5 Å². The van der Waals surface area contributed by atoms with Crippen molar-refractivity contribution < 1.29 is 0 Å². The highest BCUT2D eigenvalue weighted by Crippen LogP contribution is 2.41. The lowest BCUT2D eigenvalue weighted by molar-refractivity contribution is 0.181. The lowest BCUT2D eigenvalue weighted by Crippen LogP contribution is -2.47. The van der Waals surface area contributed by atoms with Gasteiger partial charge in [-0.3, -0.25) is 4.90 Å². The summed E-state index contributed by atoms with van der Waals surface area (Å²) in [5.74, 6) is 3.08. The number of anilines is 2. The highest BCUT2D eigenvalue weighted by atomic mass is 32.1. The fourth-order valence-corrected chi connectivity index (χ4v) is 6.83. The van der Waals surface area contributed by atoms with Gasteiger partial charge in [-0.15, -0.1) is 11.3 Å². The summed E-state index contributed by atoms with van der Waals surface area (Å²) in [6.45, 7) is 9.74. The van der Waals surface area contributed by atoms with Crippen molar-refractivity contribution in [2.75, 3.05) is 49.1 Å². The lowest BCUT2D eigenvalue weighted by Gasteiger charge is -2.37. The second-order valence-corrected chi connectivity index (χ2v) is 10.9. The first-order chi connectivity index (χ1) is 15.7. The Morgan fingerprint density at radius 3 is 2.44 bits per heavy atom. The zero-order valence-electron chi connectivity index (χ0n) is 19.1. The fraction of sp³-hybridized carbons (Fsp3) is 0.538. The van der Waals surface area contributed by atoms with Gasteiger partial charge in [-0.2, -0.15) is 0 Å². The molecule has 2 fully saturated rings. The molecule has 168 valence electrons. The largest absolute Gasteiger partial charge is 0.368 e. The van der Waals surface area contributed by atoms with Crippen molar-refractivity contribution in [3.05, 3.63) is 46.6 Å². The molecule has 32 heavy (non-hydrogen) atoms. The molecule has 0 atom stereocenters. The third-order valence-corrected chi connectivity index (χ3v) is 8.72. The summed E-state index contributed by atoms with van der Waals surface area (Å²) < 4.78 is 0. The predicted molar refractivity (Wildman–Crippen MR) is 134 cm³/mol. The molecule has 1 aliphatic carbocycles. The molecular weight excluding hydrogens is 414 g/mol. The van der Waals surface area contributed by atoms with Crippen LogP contribution in [0.3, 0.4) is 0 Å². The Morgan fingerprint density at radius 2 is 1.66 bits per heavy atom. The van der Waals surface area contributed by atoms with Crippen molar-refractivity contribution in [3.8, 4) is 0 Å². The first-order valence-corrected chi connectivity index (χ1v) is 13.1. The second-order valence-electron chi connectivity index (χ2n) is 9.77. The van der Waals surface area contributed by atoms with Crippen LogP contribution >= 0.6 is 11.3 Å². The van der Waals surface area contributed by atoms with Crippen LogP contribution in [0.25, 0.3) is 10.2 Å². The topological polar surface area (TPSA) is 35.5 Å². The van der Waals surface area contributed by atoms with E-state index in [0.29, 0.717) is 0 Å². The number of rotatable bonds is 4. The van der Waals surface area contributed by atoms with Crippen LogP contribution in [0.5, 0.6) is 0 Å². The molecule has 0 saturated carbocycles. The summed E-state index contributed by atoms with van der Waals surface area (Å²) in [7, 11) is 0. The molecule has 0 radical (unpaired) electrons. The molecule has 0 spiro atoms. The average Bonchev–Trinajstić information content (AvgIpc) is 3.42. The third-order valence-electron chi connectivity index (χ3n) is 7.53. The van der Waals surface area contributed by atoms with E-state index in [1.807, 2.05) is 11.3 Å². The van der Waals surface area contributed by atoms with Crippen molar-refractivity contribution in [2.45, 2.75) is 45.6 Å². The highest BCUT2D eigenvalue weighted by molar-refractivity contribution is 7.19. The maximum atomic E-state index is 5.25. The number of fused-ring (bicyclic) bond motifs is 3. The lowest BCUT2D eigenvalue weighted by atomic mass is 9.99. The van der Waals surface area contributed by atoms with Crippen LogP contribution in [-0.2, 0) is 19.4 Å². The van der Waals surface area contributed by atoms with Gasteiger partial charge in [-0.1, -0.05) is 25.1 Å². The summed E-state index contributed by atoms with van der Waals surface area (Å²) in [5, 5.41) is 1.37. The van der Waals surface area contributed by atoms with Crippen LogP contribution in [0.4, 0.5) is 11.5 Å². The van der Waals surface area contributed by atoms with Crippen LogP contribution in [0.2, 0.25) is 0 Å². The number of thiophene rings is 1. The number of likely N-dealkylation sites (tertiary alicyclic amines) is 1. The summed E-state index contributed by atoms with van der Waals surface area (Å²) in [6.07, 6.45) is 6.29. The molecule has 0 amide bonds. The van der Waals surface area contributed by atoms with E-state index in [1.54, 1.807) is 10.4 Å². The molecule has 3 aliphatic rings. The third kappa shape index (κ3) is 3.88. The molecule has 5 nitrogen and oxygen atoms in total. The van der Waals surface area contributed by atoms with Gasteiger partial charge in [-0.05, 0) is 68.8 Å². The van der Waals surface area contributed by atoms with E-state index in [2.05, 4.69) is 52.0 Å². The van der Waals surface area contributed by atoms with Crippen molar-refractivity contribution in [1.82, 2.24) is 14.9 Å². The number of para-hydroxylation sites is 1. The van der Waals surface area contributed by atoms with Crippen LogP contribution in [-0.4, -0.2) is 54.1 Å². The Labute approximate surface area is 195 Å². The van der Waals surface area contributed by atoms with E-state index < -0.39 is 0 Å². The summed E-state index contributed by atoms with van der Waals surface area (Å²) in [6, 6.07) is 10.8. The molecule has 0 unspecified atom stereocenters. The molecule has 0 bridgehead atoms. The highest BCUT2D eigenvalue weighted by Gasteiger charge is 2.27. The summed E-state index contributed by atoms with van der Waals surface area (Å²) in [5.41, 5.74) is 2.88. The van der Waals surface area contributed by atoms with Crippen LogP contribution in [0.1, 0.15) is 42.5 Å². The molecule has 6 heteroatoms. The Kier molecular flexibility index (Phi) is 5.51. The number of hydrogen-bond acceptors (Lipinski definition) is 6. The van der Waals surface area contributed by atoms with Gasteiger partial charge in [0.25, 0.3) is 0 Å². The van der Waals surface area contributed by atoms with Crippen LogP contribution < -0.4 is 9.80 Å². The van der Waals surface area contributed by atoms with Crippen LogP contribution in [0, 0.1) is 5.92 Å². The molecular formula is C26H33N5S. The zero-order chi connectivity index (χ0) is 21.5. The summed E-state index contributed by atoms with van der Waals surface area (Å²) >= 11 is 1.93. The van der Waals surface area contributed by atoms with Crippen LogP contribution in [0.15, 0.2) is 30.3 Å². The fourth-order valence-electron chi connectivity index (χ4n) is 5.55. The molecule has 2 aliphatic heterocycles. The van der Waals surface area contributed by atoms with E-state index in [9.17, 15) is 0 Å². The monoisotopic (exact) mass is 447 g/mol. The van der Waals surface area contributed by atoms with E-state index in [-0.39, 0.29) is 0 Å². The zero-order valence-corrected chi connectivity index (χ0v) is 19.9. The van der Waals surface area contributed by atoms with E-state index in [4.69, 9.17) is 9.97 Å². The molecule has 2 saturated heterocycles. The Bertz CT molecular complexity index is 1080. The quantitative estimate of drug-likeness (QED) is 0.577.